The van der Waals surface area contributed by atoms with E-state index in [9.17, 15) is 12.8 Å². The van der Waals surface area contributed by atoms with Crippen molar-refractivity contribution < 1.29 is 12.8 Å². The molecule has 1 fully saturated rings. The van der Waals surface area contributed by atoms with Crippen LogP contribution in [0.25, 0.3) is 0 Å². The van der Waals surface area contributed by atoms with Gasteiger partial charge in [-0.2, -0.15) is 4.31 Å². The summed E-state index contributed by atoms with van der Waals surface area (Å²) in [6.07, 6.45) is 1.66. The molecule has 0 aliphatic heterocycles. The van der Waals surface area contributed by atoms with E-state index in [4.69, 9.17) is 0 Å². The van der Waals surface area contributed by atoms with Gasteiger partial charge in [-0.3, -0.25) is 0 Å². The van der Waals surface area contributed by atoms with Gasteiger partial charge < -0.3 is 0 Å². The second-order valence-electron chi connectivity index (χ2n) is 6.14. The van der Waals surface area contributed by atoms with Crippen molar-refractivity contribution in [2.45, 2.75) is 44.2 Å². The van der Waals surface area contributed by atoms with Crippen molar-refractivity contribution in [3.8, 4) is 0 Å². The van der Waals surface area contributed by atoms with Gasteiger partial charge in [-0.25, -0.2) is 12.8 Å². The second-order valence-corrected chi connectivity index (χ2v) is 8.00. The maximum atomic E-state index is 13.9. The third-order valence-corrected chi connectivity index (χ3v) is 6.21. The summed E-state index contributed by atoms with van der Waals surface area (Å²) in [4.78, 5) is 0.320. The van der Waals surface area contributed by atoms with E-state index >= 15 is 0 Å². The predicted octanol–water partition coefficient (Wildman–Crippen LogP) is 3.80. The number of aryl methyl sites for hydroxylation is 2. The fourth-order valence-electron chi connectivity index (χ4n) is 2.68. The molecule has 0 unspecified atom stereocenters. The molecule has 0 radical (unpaired) electrons. The van der Waals surface area contributed by atoms with Crippen LogP contribution in [0.4, 0.5) is 4.39 Å². The second kappa shape index (κ2) is 6.06. The summed E-state index contributed by atoms with van der Waals surface area (Å²) >= 11 is 0. The summed E-state index contributed by atoms with van der Waals surface area (Å²) in [5.74, 6) is -0.366. The third-order valence-electron chi connectivity index (χ3n) is 4.17. The van der Waals surface area contributed by atoms with Crippen LogP contribution in [0.15, 0.2) is 47.4 Å². The molecule has 1 aliphatic rings. The Kier molecular flexibility index (Phi) is 4.25. The van der Waals surface area contributed by atoms with E-state index in [-0.39, 0.29) is 18.4 Å². The van der Waals surface area contributed by atoms with Crippen molar-refractivity contribution in [2.24, 2.45) is 0 Å². The van der Waals surface area contributed by atoms with Crippen molar-refractivity contribution in [1.29, 1.82) is 0 Å². The molecule has 0 amide bonds. The highest BCUT2D eigenvalue weighted by atomic mass is 32.2. The fraction of sp³-hybridized carbons (Fsp3) is 0.333. The summed E-state index contributed by atoms with van der Waals surface area (Å²) in [5.41, 5.74) is 2.03. The molecule has 3 rings (SSSR count). The molecule has 23 heavy (non-hydrogen) atoms. The van der Waals surface area contributed by atoms with Gasteiger partial charge in [-0.05, 0) is 49.9 Å². The van der Waals surface area contributed by atoms with E-state index < -0.39 is 10.0 Å². The van der Waals surface area contributed by atoms with Gasteiger partial charge in [0, 0.05) is 18.2 Å². The molecule has 0 bridgehead atoms. The predicted molar refractivity (Wildman–Crippen MR) is 88.1 cm³/mol. The molecular weight excluding hydrogens is 313 g/mol. The number of nitrogens with zero attached hydrogens (tertiary/aromatic N) is 1. The highest BCUT2D eigenvalue weighted by Crippen LogP contribution is 2.34. The average molecular weight is 333 g/mol. The minimum Gasteiger partial charge on any atom is -0.207 e. The van der Waals surface area contributed by atoms with Crippen molar-refractivity contribution >= 4 is 10.0 Å². The highest BCUT2D eigenvalue weighted by Gasteiger charge is 2.39. The molecule has 0 spiro atoms. The van der Waals surface area contributed by atoms with Gasteiger partial charge in [-0.15, -0.1) is 0 Å². The summed E-state index contributed by atoms with van der Waals surface area (Å²) in [6, 6.07) is 11.7. The smallest absolute Gasteiger partial charge is 0.207 e. The largest absolute Gasteiger partial charge is 0.243 e. The maximum Gasteiger partial charge on any atom is 0.243 e. The van der Waals surface area contributed by atoms with Crippen LogP contribution in [0.2, 0.25) is 0 Å². The molecule has 0 heterocycles. The lowest BCUT2D eigenvalue weighted by Crippen LogP contribution is -2.33. The summed E-state index contributed by atoms with van der Waals surface area (Å²) in [6.45, 7) is 3.74. The van der Waals surface area contributed by atoms with Crippen LogP contribution in [0, 0.1) is 19.7 Å². The standard InChI is InChI=1S/C18H20FNO2S/c1-13-7-8-14(2)18(11-13)23(21,22)20(16-9-10-16)12-15-5-3-4-6-17(15)19/h3-8,11,16H,9-10,12H2,1-2H3. The first-order valence-electron chi connectivity index (χ1n) is 7.72. The zero-order valence-electron chi connectivity index (χ0n) is 13.3. The molecule has 0 saturated heterocycles. The molecule has 1 aliphatic carbocycles. The van der Waals surface area contributed by atoms with Crippen LogP contribution in [0.5, 0.6) is 0 Å². The summed E-state index contributed by atoms with van der Waals surface area (Å²) in [5, 5.41) is 0. The van der Waals surface area contributed by atoms with E-state index in [1.807, 2.05) is 19.1 Å². The quantitative estimate of drug-likeness (QED) is 0.835. The molecule has 0 atom stereocenters. The molecule has 1 saturated carbocycles. The van der Waals surface area contributed by atoms with E-state index in [1.165, 1.54) is 10.4 Å². The Bertz CT molecular complexity index is 829. The van der Waals surface area contributed by atoms with Crippen molar-refractivity contribution in [2.75, 3.05) is 0 Å². The molecular formula is C18H20FNO2S. The summed E-state index contributed by atoms with van der Waals surface area (Å²) < 4.78 is 41.6. The molecule has 2 aromatic carbocycles. The van der Waals surface area contributed by atoms with Crippen molar-refractivity contribution in [1.82, 2.24) is 4.31 Å². The molecule has 3 nitrogen and oxygen atoms in total. The maximum absolute atomic E-state index is 13.9. The van der Waals surface area contributed by atoms with Crippen LogP contribution >= 0.6 is 0 Å². The lowest BCUT2D eigenvalue weighted by atomic mass is 10.2. The monoisotopic (exact) mass is 333 g/mol. The SMILES string of the molecule is Cc1ccc(C)c(S(=O)(=O)N(Cc2ccccc2F)C2CC2)c1. The molecule has 2 aromatic rings. The first kappa shape index (κ1) is 16.1. The van der Waals surface area contributed by atoms with E-state index in [1.54, 1.807) is 31.2 Å². The topological polar surface area (TPSA) is 37.4 Å². The van der Waals surface area contributed by atoms with Gasteiger partial charge in [0.15, 0.2) is 0 Å². The first-order valence-corrected chi connectivity index (χ1v) is 9.16. The number of halogens is 1. The van der Waals surface area contributed by atoms with Gasteiger partial charge >= 0.3 is 0 Å². The van der Waals surface area contributed by atoms with Crippen molar-refractivity contribution in [3.05, 3.63) is 65.0 Å². The number of benzene rings is 2. The zero-order valence-corrected chi connectivity index (χ0v) is 14.1. The Morgan fingerprint density at radius 2 is 1.83 bits per heavy atom. The Morgan fingerprint density at radius 1 is 1.13 bits per heavy atom. The normalized spacial score (nSPS) is 15.1. The number of hydrogen-bond acceptors (Lipinski definition) is 2. The lowest BCUT2D eigenvalue weighted by Gasteiger charge is -2.23. The van der Waals surface area contributed by atoms with E-state index in [2.05, 4.69) is 0 Å². The first-order chi connectivity index (χ1) is 10.9. The molecule has 122 valence electrons. The van der Waals surface area contributed by atoms with Crippen LogP contribution < -0.4 is 0 Å². The minimum atomic E-state index is -3.64. The van der Waals surface area contributed by atoms with Crippen LogP contribution in [-0.4, -0.2) is 18.8 Å². The highest BCUT2D eigenvalue weighted by molar-refractivity contribution is 7.89. The van der Waals surface area contributed by atoms with Gasteiger partial charge in [0.05, 0.1) is 4.90 Å². The van der Waals surface area contributed by atoms with E-state index in [0.717, 1.165) is 24.0 Å². The average Bonchev–Trinajstić information content (AvgIpc) is 3.33. The lowest BCUT2D eigenvalue weighted by molar-refractivity contribution is 0.391. The van der Waals surface area contributed by atoms with Gasteiger partial charge in [0.2, 0.25) is 10.0 Å². The van der Waals surface area contributed by atoms with Gasteiger partial charge in [0.25, 0.3) is 0 Å². The fourth-order valence-corrected chi connectivity index (χ4v) is 4.65. The Hall–Kier alpha value is -1.72. The molecule has 0 N–H and O–H groups in total. The Labute approximate surface area is 136 Å². The van der Waals surface area contributed by atoms with E-state index in [0.29, 0.717) is 10.5 Å². The summed E-state index contributed by atoms with van der Waals surface area (Å²) in [7, 11) is -3.64. The Morgan fingerprint density at radius 3 is 2.48 bits per heavy atom. The van der Waals surface area contributed by atoms with Crippen molar-refractivity contribution in [3.63, 3.8) is 0 Å². The molecule has 5 heteroatoms. The minimum absolute atomic E-state index is 0.0282. The number of rotatable bonds is 5. The molecule has 0 aromatic heterocycles. The zero-order chi connectivity index (χ0) is 16.6. The van der Waals surface area contributed by atoms with Gasteiger partial charge in [0.1, 0.15) is 5.82 Å². The van der Waals surface area contributed by atoms with Crippen LogP contribution in [0.1, 0.15) is 29.5 Å². The third kappa shape index (κ3) is 3.31. The number of hydrogen-bond donors (Lipinski definition) is 0. The van der Waals surface area contributed by atoms with Crippen LogP contribution in [-0.2, 0) is 16.6 Å². The Balaban J connectivity index is 2.00. The number of sulfonamides is 1. The van der Waals surface area contributed by atoms with Gasteiger partial charge in [-0.1, -0.05) is 30.3 Å². The van der Waals surface area contributed by atoms with Crippen LogP contribution in [0.3, 0.4) is 0 Å².